The third kappa shape index (κ3) is 3.47. The van der Waals surface area contributed by atoms with Gasteiger partial charge in [0.25, 0.3) is 17.7 Å². The topological polar surface area (TPSA) is 92.8 Å². The molecule has 0 saturated heterocycles. The van der Waals surface area contributed by atoms with E-state index in [0.29, 0.717) is 18.5 Å². The van der Waals surface area contributed by atoms with Crippen molar-refractivity contribution in [2.24, 2.45) is 0 Å². The molecular formula is C19H24N2O5. The number of fused-ring (bicyclic) bond motifs is 1. The van der Waals surface area contributed by atoms with Gasteiger partial charge in [0, 0.05) is 12.1 Å². The number of amides is 3. The van der Waals surface area contributed by atoms with Crippen molar-refractivity contribution in [3.8, 4) is 0 Å². The van der Waals surface area contributed by atoms with Gasteiger partial charge in [-0.1, -0.05) is 20.3 Å². The molecule has 7 nitrogen and oxygen atoms in total. The number of imide groups is 1. The first-order valence-corrected chi connectivity index (χ1v) is 8.70. The maximum atomic E-state index is 12.6. The van der Waals surface area contributed by atoms with Gasteiger partial charge in [0.1, 0.15) is 5.54 Å². The van der Waals surface area contributed by atoms with Gasteiger partial charge in [0.2, 0.25) is 0 Å². The molecule has 0 aliphatic carbocycles. The Bertz CT molecular complexity index is 758. The van der Waals surface area contributed by atoms with Crippen LogP contribution in [0.3, 0.4) is 0 Å². The van der Waals surface area contributed by atoms with Crippen molar-refractivity contribution in [2.75, 3.05) is 13.7 Å². The fourth-order valence-electron chi connectivity index (χ4n) is 2.78. The number of hydrogen-bond acceptors (Lipinski definition) is 5. The quantitative estimate of drug-likeness (QED) is 0.594. The highest BCUT2D eigenvalue weighted by Crippen LogP contribution is 2.25. The standard InChI is InChI=1S/C19H24N2O5/c1-5-7-10-21-16(23)13-9-8-12(11-14(13)17(21)24)15(22)20-19(3,6-2)18(25)26-4/h8-9,11H,5-7,10H2,1-4H3,(H,20,22). The number of ether oxygens (including phenoxy) is 1. The Morgan fingerprint density at radius 2 is 1.81 bits per heavy atom. The van der Waals surface area contributed by atoms with E-state index in [-0.39, 0.29) is 22.9 Å². The zero-order valence-electron chi connectivity index (χ0n) is 15.5. The molecule has 0 fully saturated rings. The van der Waals surface area contributed by atoms with Crippen molar-refractivity contribution in [1.29, 1.82) is 0 Å². The Kier molecular flexibility index (Phi) is 5.79. The summed E-state index contributed by atoms with van der Waals surface area (Å²) in [7, 11) is 1.26. The van der Waals surface area contributed by atoms with Gasteiger partial charge < -0.3 is 10.1 Å². The number of unbranched alkanes of at least 4 members (excludes halogenated alkanes) is 1. The lowest BCUT2D eigenvalue weighted by molar-refractivity contribution is -0.147. The summed E-state index contributed by atoms with van der Waals surface area (Å²) in [5, 5.41) is 2.65. The van der Waals surface area contributed by atoms with Crippen LogP contribution in [0.25, 0.3) is 0 Å². The first-order valence-electron chi connectivity index (χ1n) is 8.70. The lowest BCUT2D eigenvalue weighted by atomic mass is 9.97. The van der Waals surface area contributed by atoms with E-state index in [0.717, 1.165) is 12.8 Å². The van der Waals surface area contributed by atoms with Crippen molar-refractivity contribution in [2.45, 2.75) is 45.6 Å². The van der Waals surface area contributed by atoms with E-state index < -0.39 is 17.4 Å². The second kappa shape index (κ2) is 7.68. The second-order valence-corrected chi connectivity index (χ2v) is 6.51. The van der Waals surface area contributed by atoms with Crippen molar-refractivity contribution in [1.82, 2.24) is 10.2 Å². The Labute approximate surface area is 152 Å². The maximum Gasteiger partial charge on any atom is 0.331 e. The molecule has 1 aromatic carbocycles. The minimum Gasteiger partial charge on any atom is -0.467 e. The van der Waals surface area contributed by atoms with E-state index in [1.807, 2.05) is 6.92 Å². The number of esters is 1. The average Bonchev–Trinajstić information content (AvgIpc) is 2.89. The third-order valence-electron chi connectivity index (χ3n) is 4.70. The molecule has 1 atom stereocenters. The van der Waals surface area contributed by atoms with Crippen LogP contribution in [-0.2, 0) is 9.53 Å². The monoisotopic (exact) mass is 360 g/mol. The van der Waals surface area contributed by atoms with Crippen molar-refractivity contribution < 1.29 is 23.9 Å². The first kappa shape index (κ1) is 19.6. The molecule has 1 N–H and O–H groups in total. The molecule has 2 rings (SSSR count). The molecule has 26 heavy (non-hydrogen) atoms. The number of methoxy groups -OCH3 is 1. The van der Waals surface area contributed by atoms with E-state index in [1.54, 1.807) is 13.8 Å². The van der Waals surface area contributed by atoms with Crippen LogP contribution in [0, 0.1) is 0 Å². The molecule has 0 radical (unpaired) electrons. The smallest absolute Gasteiger partial charge is 0.331 e. The summed E-state index contributed by atoms with van der Waals surface area (Å²) in [4.78, 5) is 50.5. The van der Waals surface area contributed by atoms with Crippen LogP contribution in [0.2, 0.25) is 0 Å². The van der Waals surface area contributed by atoms with E-state index in [2.05, 4.69) is 5.32 Å². The number of benzene rings is 1. The first-order chi connectivity index (χ1) is 12.3. The lowest BCUT2D eigenvalue weighted by Gasteiger charge is -2.26. The molecule has 1 unspecified atom stereocenters. The summed E-state index contributed by atoms with van der Waals surface area (Å²) in [6.45, 7) is 5.67. The van der Waals surface area contributed by atoms with Gasteiger partial charge >= 0.3 is 5.97 Å². The highest BCUT2D eigenvalue weighted by molar-refractivity contribution is 6.22. The van der Waals surface area contributed by atoms with Gasteiger partial charge in [-0.2, -0.15) is 0 Å². The fourth-order valence-corrected chi connectivity index (χ4v) is 2.78. The van der Waals surface area contributed by atoms with Crippen LogP contribution in [0.15, 0.2) is 18.2 Å². The van der Waals surface area contributed by atoms with Crippen LogP contribution >= 0.6 is 0 Å². The maximum absolute atomic E-state index is 12.6. The Morgan fingerprint density at radius 1 is 1.15 bits per heavy atom. The van der Waals surface area contributed by atoms with Gasteiger partial charge in [-0.15, -0.1) is 0 Å². The lowest BCUT2D eigenvalue weighted by Crippen LogP contribution is -2.52. The summed E-state index contributed by atoms with van der Waals surface area (Å²) in [6.07, 6.45) is 1.94. The molecule has 3 amide bonds. The highest BCUT2D eigenvalue weighted by atomic mass is 16.5. The molecule has 140 valence electrons. The van der Waals surface area contributed by atoms with Crippen LogP contribution in [0.5, 0.6) is 0 Å². The highest BCUT2D eigenvalue weighted by Gasteiger charge is 2.37. The number of hydrogen-bond donors (Lipinski definition) is 1. The van der Waals surface area contributed by atoms with Gasteiger partial charge in [-0.25, -0.2) is 4.79 Å². The molecule has 1 aromatic rings. The Hall–Kier alpha value is -2.70. The summed E-state index contributed by atoms with van der Waals surface area (Å²) in [5.41, 5.74) is -0.438. The fraction of sp³-hybridized carbons (Fsp3) is 0.474. The zero-order valence-corrected chi connectivity index (χ0v) is 15.5. The average molecular weight is 360 g/mol. The Morgan fingerprint density at radius 3 is 2.38 bits per heavy atom. The molecule has 1 aliphatic rings. The molecule has 1 aliphatic heterocycles. The zero-order chi connectivity index (χ0) is 19.5. The summed E-state index contributed by atoms with van der Waals surface area (Å²) in [6, 6.07) is 4.37. The van der Waals surface area contributed by atoms with Crippen LogP contribution in [0.4, 0.5) is 0 Å². The summed E-state index contributed by atoms with van der Waals surface area (Å²) < 4.78 is 4.74. The third-order valence-corrected chi connectivity index (χ3v) is 4.70. The van der Waals surface area contributed by atoms with E-state index in [9.17, 15) is 19.2 Å². The van der Waals surface area contributed by atoms with Gasteiger partial charge in [0.05, 0.1) is 18.2 Å². The van der Waals surface area contributed by atoms with Gasteiger partial charge in [-0.3, -0.25) is 19.3 Å². The number of nitrogens with zero attached hydrogens (tertiary/aromatic N) is 1. The largest absolute Gasteiger partial charge is 0.467 e. The molecular weight excluding hydrogens is 336 g/mol. The number of carbonyl (C=O) groups excluding carboxylic acids is 4. The van der Waals surface area contributed by atoms with Crippen LogP contribution in [0.1, 0.15) is 71.1 Å². The number of nitrogens with one attached hydrogen (secondary N) is 1. The molecule has 7 heteroatoms. The predicted molar refractivity (Wildman–Crippen MR) is 94.9 cm³/mol. The molecule has 1 heterocycles. The molecule has 0 saturated carbocycles. The van der Waals surface area contributed by atoms with Crippen molar-refractivity contribution in [3.63, 3.8) is 0 Å². The minimum absolute atomic E-state index is 0.214. The van der Waals surface area contributed by atoms with Gasteiger partial charge in [-0.05, 0) is 38.0 Å². The molecule has 0 aromatic heterocycles. The second-order valence-electron chi connectivity index (χ2n) is 6.51. The normalized spacial score (nSPS) is 15.5. The van der Waals surface area contributed by atoms with Crippen LogP contribution in [-0.4, -0.2) is 47.8 Å². The molecule has 0 spiro atoms. The van der Waals surface area contributed by atoms with Crippen LogP contribution < -0.4 is 5.32 Å². The minimum atomic E-state index is -1.17. The predicted octanol–water partition coefficient (Wildman–Crippen LogP) is 2.15. The van der Waals surface area contributed by atoms with E-state index in [1.165, 1.54) is 30.2 Å². The van der Waals surface area contributed by atoms with E-state index >= 15 is 0 Å². The number of carbonyl (C=O) groups is 4. The SMILES string of the molecule is CCCCN1C(=O)c2ccc(C(=O)NC(C)(CC)C(=O)OC)cc2C1=O. The number of rotatable bonds is 7. The Balaban J connectivity index is 2.26. The molecule has 0 bridgehead atoms. The van der Waals surface area contributed by atoms with Crippen molar-refractivity contribution in [3.05, 3.63) is 34.9 Å². The summed E-state index contributed by atoms with van der Waals surface area (Å²) >= 11 is 0. The van der Waals surface area contributed by atoms with E-state index in [4.69, 9.17) is 4.74 Å². The van der Waals surface area contributed by atoms with Gasteiger partial charge in [0.15, 0.2) is 0 Å². The van der Waals surface area contributed by atoms with Crippen molar-refractivity contribution >= 4 is 23.7 Å². The summed E-state index contributed by atoms with van der Waals surface area (Å²) in [5.74, 6) is -1.78.